The fourth-order valence-corrected chi connectivity index (χ4v) is 2.25. The van der Waals surface area contributed by atoms with Crippen LogP contribution in [0.1, 0.15) is 27.2 Å². The van der Waals surface area contributed by atoms with Crippen LogP contribution in [0.4, 0.5) is 10.2 Å². The number of primary amides is 1. The van der Waals surface area contributed by atoms with Crippen molar-refractivity contribution in [3.05, 3.63) is 58.5 Å². The van der Waals surface area contributed by atoms with Crippen LogP contribution >= 0.6 is 0 Å². The fourth-order valence-electron chi connectivity index (χ4n) is 2.25. The topological polar surface area (TPSA) is 68.0 Å². The molecule has 1 aromatic carbocycles. The summed E-state index contributed by atoms with van der Waals surface area (Å²) in [5.41, 5.74) is 8.45. The predicted octanol–water partition coefficient (Wildman–Crippen LogP) is 2.59. The monoisotopic (exact) mass is 287 g/mol. The number of amides is 1. The van der Waals surface area contributed by atoms with E-state index in [-0.39, 0.29) is 5.82 Å². The smallest absolute Gasteiger partial charge is 0.252 e. The third-order valence-corrected chi connectivity index (χ3v) is 3.21. The normalized spacial score (nSPS) is 10.4. The van der Waals surface area contributed by atoms with E-state index >= 15 is 0 Å². The van der Waals surface area contributed by atoms with Crippen molar-refractivity contribution in [3.8, 4) is 0 Å². The molecule has 0 bridgehead atoms. The first-order chi connectivity index (χ1) is 9.97. The van der Waals surface area contributed by atoms with Crippen LogP contribution in [0.25, 0.3) is 0 Å². The van der Waals surface area contributed by atoms with Crippen LogP contribution in [0.2, 0.25) is 0 Å². The lowest BCUT2D eigenvalue weighted by molar-refractivity contribution is 0.1000. The SMILES string of the molecule is Cc1cc(C)c(C(N)=O)c(NCCc2ccc(F)cc2)n1. The lowest BCUT2D eigenvalue weighted by Crippen LogP contribution is -2.18. The Kier molecular flexibility index (Phi) is 4.52. The number of carbonyl (C=O) groups is 1. The minimum absolute atomic E-state index is 0.251. The first kappa shape index (κ1) is 15.0. The van der Waals surface area contributed by atoms with Crippen molar-refractivity contribution in [2.24, 2.45) is 5.73 Å². The van der Waals surface area contributed by atoms with E-state index in [1.54, 1.807) is 12.1 Å². The van der Waals surface area contributed by atoms with Crippen molar-refractivity contribution >= 4 is 11.7 Å². The molecule has 0 saturated carbocycles. The van der Waals surface area contributed by atoms with E-state index in [1.165, 1.54) is 12.1 Å². The van der Waals surface area contributed by atoms with Crippen molar-refractivity contribution in [3.63, 3.8) is 0 Å². The van der Waals surface area contributed by atoms with Gasteiger partial charge in [-0.25, -0.2) is 9.37 Å². The number of carbonyl (C=O) groups excluding carboxylic acids is 1. The number of nitrogens with two attached hydrogens (primary N) is 1. The van der Waals surface area contributed by atoms with Gasteiger partial charge in [-0.15, -0.1) is 0 Å². The highest BCUT2D eigenvalue weighted by molar-refractivity contribution is 5.99. The Morgan fingerprint density at radius 3 is 2.57 bits per heavy atom. The predicted molar refractivity (Wildman–Crippen MR) is 80.8 cm³/mol. The molecule has 1 aromatic heterocycles. The number of benzene rings is 1. The van der Waals surface area contributed by atoms with Gasteiger partial charge in [0.05, 0.1) is 5.56 Å². The molecule has 0 spiro atoms. The van der Waals surface area contributed by atoms with Crippen LogP contribution in [0.3, 0.4) is 0 Å². The summed E-state index contributed by atoms with van der Waals surface area (Å²) in [4.78, 5) is 15.9. The number of hydrogen-bond donors (Lipinski definition) is 2. The molecular formula is C16H18FN3O. The summed E-state index contributed by atoms with van der Waals surface area (Å²) >= 11 is 0. The number of hydrogen-bond acceptors (Lipinski definition) is 3. The summed E-state index contributed by atoms with van der Waals surface area (Å²) in [6, 6.07) is 8.16. The highest BCUT2D eigenvalue weighted by Gasteiger charge is 2.13. The molecule has 0 aliphatic heterocycles. The van der Waals surface area contributed by atoms with Crippen molar-refractivity contribution in [1.29, 1.82) is 0 Å². The first-order valence-electron chi connectivity index (χ1n) is 6.73. The van der Waals surface area contributed by atoms with Crippen LogP contribution in [-0.2, 0) is 6.42 Å². The molecule has 0 aliphatic carbocycles. The van der Waals surface area contributed by atoms with Gasteiger partial charge >= 0.3 is 0 Å². The van der Waals surface area contributed by atoms with Gasteiger partial charge in [0, 0.05) is 12.2 Å². The maximum Gasteiger partial charge on any atom is 0.252 e. The molecule has 1 amide bonds. The van der Waals surface area contributed by atoms with Crippen molar-refractivity contribution in [2.45, 2.75) is 20.3 Å². The molecule has 21 heavy (non-hydrogen) atoms. The fraction of sp³-hybridized carbons (Fsp3) is 0.250. The standard InChI is InChI=1S/C16H18FN3O/c1-10-9-11(2)20-16(14(10)15(18)21)19-8-7-12-3-5-13(17)6-4-12/h3-6,9H,7-8H2,1-2H3,(H2,18,21)(H,19,20). The summed E-state index contributed by atoms with van der Waals surface area (Å²) in [5, 5.41) is 3.13. The van der Waals surface area contributed by atoms with Gasteiger partial charge < -0.3 is 11.1 Å². The number of halogens is 1. The summed E-state index contributed by atoms with van der Waals surface area (Å²) in [5.74, 6) is -0.245. The van der Waals surface area contributed by atoms with E-state index in [0.717, 1.165) is 16.8 Å². The molecule has 0 unspecified atom stereocenters. The number of pyridine rings is 1. The zero-order valence-electron chi connectivity index (χ0n) is 12.1. The van der Waals surface area contributed by atoms with Crippen LogP contribution in [-0.4, -0.2) is 17.4 Å². The van der Waals surface area contributed by atoms with Crippen molar-refractivity contribution < 1.29 is 9.18 Å². The Balaban J connectivity index is 2.09. The zero-order chi connectivity index (χ0) is 15.4. The van der Waals surface area contributed by atoms with Crippen LogP contribution in [0, 0.1) is 19.7 Å². The van der Waals surface area contributed by atoms with Gasteiger partial charge in [-0.3, -0.25) is 4.79 Å². The summed E-state index contributed by atoms with van der Waals surface area (Å²) in [6.07, 6.45) is 0.702. The molecule has 110 valence electrons. The lowest BCUT2D eigenvalue weighted by Gasteiger charge is -2.12. The molecule has 0 aliphatic rings. The second-order valence-corrected chi connectivity index (χ2v) is 4.97. The summed E-state index contributed by atoms with van der Waals surface area (Å²) in [6.45, 7) is 4.28. The van der Waals surface area contributed by atoms with Gasteiger partial charge in [-0.2, -0.15) is 0 Å². The molecule has 4 nitrogen and oxygen atoms in total. The van der Waals surface area contributed by atoms with Gasteiger partial charge in [0.1, 0.15) is 11.6 Å². The Morgan fingerprint density at radius 1 is 1.29 bits per heavy atom. The summed E-state index contributed by atoms with van der Waals surface area (Å²) in [7, 11) is 0. The molecule has 0 fully saturated rings. The maximum atomic E-state index is 12.8. The average Bonchev–Trinajstić information content (AvgIpc) is 2.39. The van der Waals surface area contributed by atoms with Crippen molar-refractivity contribution in [1.82, 2.24) is 4.98 Å². The van der Waals surface area contributed by atoms with Crippen LogP contribution in [0.5, 0.6) is 0 Å². The molecule has 0 radical (unpaired) electrons. The molecule has 2 aromatic rings. The number of rotatable bonds is 5. The van der Waals surface area contributed by atoms with E-state index in [0.29, 0.717) is 24.3 Å². The summed E-state index contributed by atoms with van der Waals surface area (Å²) < 4.78 is 12.8. The van der Waals surface area contributed by atoms with Gasteiger partial charge in [0.2, 0.25) is 0 Å². The highest BCUT2D eigenvalue weighted by atomic mass is 19.1. The molecule has 2 rings (SSSR count). The van der Waals surface area contributed by atoms with Gasteiger partial charge in [0.25, 0.3) is 5.91 Å². The van der Waals surface area contributed by atoms with Gasteiger partial charge in [0.15, 0.2) is 0 Å². The third-order valence-electron chi connectivity index (χ3n) is 3.21. The van der Waals surface area contributed by atoms with Crippen LogP contribution < -0.4 is 11.1 Å². The molecule has 0 atom stereocenters. The number of anilines is 1. The number of aromatic nitrogens is 1. The average molecular weight is 287 g/mol. The first-order valence-corrected chi connectivity index (χ1v) is 6.73. The van der Waals surface area contributed by atoms with Gasteiger partial charge in [-0.05, 0) is 49.6 Å². The molecule has 0 saturated heterocycles. The second kappa shape index (κ2) is 6.35. The minimum Gasteiger partial charge on any atom is -0.369 e. The maximum absolute atomic E-state index is 12.8. The molecular weight excluding hydrogens is 269 g/mol. The van der Waals surface area contributed by atoms with Gasteiger partial charge in [-0.1, -0.05) is 12.1 Å². The van der Waals surface area contributed by atoms with E-state index in [9.17, 15) is 9.18 Å². The van der Waals surface area contributed by atoms with E-state index in [4.69, 9.17) is 5.73 Å². The lowest BCUT2D eigenvalue weighted by atomic mass is 10.1. The second-order valence-electron chi connectivity index (χ2n) is 4.97. The number of nitrogens with zero attached hydrogens (tertiary/aromatic N) is 1. The van der Waals surface area contributed by atoms with E-state index < -0.39 is 5.91 Å². The van der Waals surface area contributed by atoms with Crippen molar-refractivity contribution in [2.75, 3.05) is 11.9 Å². The highest BCUT2D eigenvalue weighted by Crippen LogP contribution is 2.18. The third kappa shape index (κ3) is 3.78. The number of nitrogens with one attached hydrogen (secondary N) is 1. The Morgan fingerprint density at radius 2 is 1.95 bits per heavy atom. The van der Waals surface area contributed by atoms with E-state index in [2.05, 4.69) is 10.3 Å². The minimum atomic E-state index is -0.496. The molecule has 5 heteroatoms. The quantitative estimate of drug-likeness (QED) is 0.888. The Hall–Kier alpha value is -2.43. The molecule has 3 N–H and O–H groups in total. The molecule has 1 heterocycles. The van der Waals surface area contributed by atoms with Crippen LogP contribution in [0.15, 0.2) is 30.3 Å². The van der Waals surface area contributed by atoms with E-state index in [1.807, 2.05) is 19.9 Å². The Bertz CT molecular complexity index is 653. The number of aryl methyl sites for hydroxylation is 2. The largest absolute Gasteiger partial charge is 0.369 e. The Labute approximate surface area is 123 Å². The zero-order valence-corrected chi connectivity index (χ0v) is 12.1.